The first kappa shape index (κ1) is 13.9. The Morgan fingerprint density at radius 2 is 2.21 bits per heavy atom. The molecule has 1 unspecified atom stereocenters. The number of carbonyl (C=O) groups excluding carboxylic acids is 1. The first-order chi connectivity index (χ1) is 8.87. The lowest BCUT2D eigenvalue weighted by Crippen LogP contribution is -2.41. The van der Waals surface area contributed by atoms with Crippen molar-refractivity contribution in [1.29, 1.82) is 0 Å². The summed E-state index contributed by atoms with van der Waals surface area (Å²) in [6.07, 6.45) is 2.71. The largest absolute Gasteiger partial charge is 0.347 e. The van der Waals surface area contributed by atoms with Gasteiger partial charge in [0.05, 0.1) is 11.3 Å². The maximum absolute atomic E-state index is 12.1. The Kier molecular flexibility index (Phi) is 3.85. The van der Waals surface area contributed by atoms with Crippen LogP contribution in [-0.4, -0.2) is 34.5 Å². The molecule has 1 aromatic heterocycles. The molecule has 1 saturated heterocycles. The number of amides is 1. The average Bonchev–Trinajstić information content (AvgIpc) is 2.79. The number of hydrogen-bond donors (Lipinski definition) is 2. The van der Waals surface area contributed by atoms with Crippen molar-refractivity contribution in [2.45, 2.75) is 45.6 Å². The molecule has 2 heterocycles. The molecule has 104 valence electrons. The van der Waals surface area contributed by atoms with E-state index in [0.29, 0.717) is 11.5 Å². The van der Waals surface area contributed by atoms with Crippen molar-refractivity contribution in [2.24, 2.45) is 0 Å². The fourth-order valence-corrected chi connectivity index (χ4v) is 2.19. The zero-order valence-corrected chi connectivity index (χ0v) is 12.1. The summed E-state index contributed by atoms with van der Waals surface area (Å²) in [5, 5.41) is 6.23. The van der Waals surface area contributed by atoms with Gasteiger partial charge in [-0.05, 0) is 40.7 Å². The van der Waals surface area contributed by atoms with E-state index in [-0.39, 0.29) is 11.4 Å². The summed E-state index contributed by atoms with van der Waals surface area (Å²) in [6.45, 7) is 9.68. The standard InChI is InChI=1S/C14H22N4O/c1-9-11(13(19)18-14(2,3)4)8-16-12(17-9)10-5-6-15-7-10/h8,10,15H,5-7H2,1-4H3,(H,18,19). The number of nitrogens with zero attached hydrogens (tertiary/aromatic N) is 2. The van der Waals surface area contributed by atoms with Gasteiger partial charge >= 0.3 is 0 Å². The third-order valence-corrected chi connectivity index (χ3v) is 3.16. The molecule has 0 saturated carbocycles. The van der Waals surface area contributed by atoms with Gasteiger partial charge in [-0.3, -0.25) is 4.79 Å². The molecule has 0 aliphatic carbocycles. The Morgan fingerprint density at radius 3 is 2.74 bits per heavy atom. The van der Waals surface area contributed by atoms with Gasteiger partial charge in [0.25, 0.3) is 5.91 Å². The molecule has 0 radical (unpaired) electrons. The van der Waals surface area contributed by atoms with Gasteiger partial charge in [0, 0.05) is 24.2 Å². The molecule has 1 atom stereocenters. The molecule has 2 N–H and O–H groups in total. The summed E-state index contributed by atoms with van der Waals surface area (Å²) in [5.41, 5.74) is 1.06. The second-order valence-corrected chi connectivity index (χ2v) is 6.12. The predicted molar refractivity (Wildman–Crippen MR) is 74.2 cm³/mol. The molecule has 5 nitrogen and oxygen atoms in total. The molecule has 1 aliphatic heterocycles. The molecule has 0 spiro atoms. The highest BCUT2D eigenvalue weighted by atomic mass is 16.1. The number of hydrogen-bond acceptors (Lipinski definition) is 4. The van der Waals surface area contributed by atoms with E-state index in [1.54, 1.807) is 6.20 Å². The fourth-order valence-electron chi connectivity index (χ4n) is 2.19. The molecule has 1 aromatic rings. The van der Waals surface area contributed by atoms with Gasteiger partial charge in [-0.15, -0.1) is 0 Å². The highest BCUT2D eigenvalue weighted by Crippen LogP contribution is 2.19. The Labute approximate surface area is 114 Å². The summed E-state index contributed by atoms with van der Waals surface area (Å²) in [7, 11) is 0. The molecular weight excluding hydrogens is 240 g/mol. The number of aromatic nitrogens is 2. The molecular formula is C14H22N4O. The quantitative estimate of drug-likeness (QED) is 0.845. The topological polar surface area (TPSA) is 66.9 Å². The summed E-state index contributed by atoms with van der Waals surface area (Å²) in [6, 6.07) is 0. The lowest BCUT2D eigenvalue weighted by molar-refractivity contribution is 0.0918. The Morgan fingerprint density at radius 1 is 1.47 bits per heavy atom. The third kappa shape index (κ3) is 3.50. The van der Waals surface area contributed by atoms with E-state index in [4.69, 9.17) is 0 Å². The third-order valence-electron chi connectivity index (χ3n) is 3.16. The minimum absolute atomic E-state index is 0.110. The zero-order chi connectivity index (χ0) is 14.0. The second-order valence-electron chi connectivity index (χ2n) is 6.12. The summed E-state index contributed by atoms with van der Waals surface area (Å²) < 4.78 is 0. The SMILES string of the molecule is Cc1nc(C2CCNC2)ncc1C(=O)NC(C)(C)C. The number of rotatable bonds is 2. The van der Waals surface area contributed by atoms with Crippen molar-refractivity contribution in [3.8, 4) is 0 Å². The van der Waals surface area contributed by atoms with E-state index < -0.39 is 0 Å². The zero-order valence-electron chi connectivity index (χ0n) is 12.1. The van der Waals surface area contributed by atoms with Crippen LogP contribution >= 0.6 is 0 Å². The van der Waals surface area contributed by atoms with Crippen LogP contribution in [0.2, 0.25) is 0 Å². The van der Waals surface area contributed by atoms with Gasteiger partial charge in [-0.1, -0.05) is 0 Å². The second kappa shape index (κ2) is 5.25. The molecule has 0 bridgehead atoms. The lowest BCUT2D eigenvalue weighted by atomic mass is 10.1. The fraction of sp³-hybridized carbons (Fsp3) is 0.643. The molecule has 5 heteroatoms. The Bertz CT molecular complexity index is 473. The monoisotopic (exact) mass is 262 g/mol. The van der Waals surface area contributed by atoms with Crippen LogP contribution in [0.15, 0.2) is 6.20 Å². The van der Waals surface area contributed by atoms with Crippen LogP contribution in [-0.2, 0) is 0 Å². The van der Waals surface area contributed by atoms with Gasteiger partial charge in [0.2, 0.25) is 0 Å². The minimum atomic E-state index is -0.252. The Balaban J connectivity index is 2.17. The van der Waals surface area contributed by atoms with Crippen molar-refractivity contribution >= 4 is 5.91 Å². The van der Waals surface area contributed by atoms with Crippen molar-refractivity contribution in [2.75, 3.05) is 13.1 Å². The average molecular weight is 262 g/mol. The first-order valence-electron chi connectivity index (χ1n) is 6.73. The number of aryl methyl sites for hydroxylation is 1. The van der Waals surface area contributed by atoms with E-state index in [0.717, 1.165) is 31.0 Å². The normalized spacial score (nSPS) is 19.5. The van der Waals surface area contributed by atoms with Gasteiger partial charge in [0.15, 0.2) is 0 Å². The maximum Gasteiger partial charge on any atom is 0.255 e. The Hall–Kier alpha value is -1.49. The summed E-state index contributed by atoms with van der Waals surface area (Å²) in [4.78, 5) is 21.0. The van der Waals surface area contributed by atoms with Gasteiger partial charge in [0.1, 0.15) is 5.82 Å². The summed E-state index contributed by atoms with van der Waals surface area (Å²) in [5.74, 6) is 1.11. The van der Waals surface area contributed by atoms with Crippen molar-refractivity contribution in [1.82, 2.24) is 20.6 Å². The van der Waals surface area contributed by atoms with Crippen LogP contribution in [0.5, 0.6) is 0 Å². The van der Waals surface area contributed by atoms with Crippen LogP contribution < -0.4 is 10.6 Å². The smallest absolute Gasteiger partial charge is 0.255 e. The van der Waals surface area contributed by atoms with Crippen molar-refractivity contribution in [3.05, 3.63) is 23.3 Å². The molecule has 0 aromatic carbocycles. The van der Waals surface area contributed by atoms with Gasteiger partial charge < -0.3 is 10.6 Å². The van der Waals surface area contributed by atoms with E-state index in [2.05, 4.69) is 20.6 Å². The van der Waals surface area contributed by atoms with E-state index in [1.165, 1.54) is 0 Å². The van der Waals surface area contributed by atoms with Crippen LogP contribution in [0.1, 0.15) is 55.0 Å². The van der Waals surface area contributed by atoms with Crippen LogP contribution in [0.3, 0.4) is 0 Å². The van der Waals surface area contributed by atoms with Crippen LogP contribution in [0, 0.1) is 6.92 Å². The van der Waals surface area contributed by atoms with Gasteiger partial charge in [-0.25, -0.2) is 9.97 Å². The maximum atomic E-state index is 12.1. The van der Waals surface area contributed by atoms with Crippen LogP contribution in [0.4, 0.5) is 0 Å². The predicted octanol–water partition coefficient (Wildman–Crippen LogP) is 1.39. The molecule has 2 rings (SSSR count). The lowest BCUT2D eigenvalue weighted by Gasteiger charge is -2.21. The van der Waals surface area contributed by atoms with E-state index in [9.17, 15) is 4.79 Å². The van der Waals surface area contributed by atoms with E-state index in [1.807, 2.05) is 27.7 Å². The molecule has 1 fully saturated rings. The van der Waals surface area contributed by atoms with Gasteiger partial charge in [-0.2, -0.15) is 0 Å². The minimum Gasteiger partial charge on any atom is -0.347 e. The summed E-state index contributed by atoms with van der Waals surface area (Å²) >= 11 is 0. The van der Waals surface area contributed by atoms with Crippen molar-refractivity contribution < 1.29 is 4.79 Å². The van der Waals surface area contributed by atoms with E-state index >= 15 is 0 Å². The molecule has 1 aliphatic rings. The highest BCUT2D eigenvalue weighted by molar-refractivity contribution is 5.95. The molecule has 1 amide bonds. The number of nitrogens with one attached hydrogen (secondary N) is 2. The molecule has 19 heavy (non-hydrogen) atoms. The highest BCUT2D eigenvalue weighted by Gasteiger charge is 2.22. The van der Waals surface area contributed by atoms with Crippen LogP contribution in [0.25, 0.3) is 0 Å². The van der Waals surface area contributed by atoms with Crippen molar-refractivity contribution in [3.63, 3.8) is 0 Å². The first-order valence-corrected chi connectivity index (χ1v) is 6.73. The number of carbonyl (C=O) groups is 1.